The van der Waals surface area contributed by atoms with Gasteiger partial charge in [0.05, 0.1) is 11.0 Å². The fourth-order valence-corrected chi connectivity index (χ4v) is 4.57. The van der Waals surface area contributed by atoms with Gasteiger partial charge in [0.1, 0.15) is 5.58 Å². The topological polar surface area (TPSA) is 31.0 Å². The molecule has 3 nitrogen and oxygen atoms in total. The van der Waals surface area contributed by atoms with E-state index in [-0.39, 0.29) is 0 Å². The summed E-state index contributed by atoms with van der Waals surface area (Å²) in [6.07, 6.45) is 5.34. The van der Waals surface area contributed by atoms with Gasteiger partial charge in [0, 0.05) is 39.5 Å². The van der Waals surface area contributed by atoms with E-state index < -0.39 is 0 Å². The second-order valence-corrected chi connectivity index (χ2v) is 7.95. The normalized spacial score (nSPS) is 11.9. The summed E-state index contributed by atoms with van der Waals surface area (Å²) < 4.78 is 8.40. The lowest BCUT2D eigenvalue weighted by atomic mass is 10.0. The predicted molar refractivity (Wildman–Crippen MR) is 124 cm³/mol. The summed E-state index contributed by atoms with van der Waals surface area (Å²) >= 11 is 0. The molecule has 0 saturated heterocycles. The summed E-state index contributed by atoms with van der Waals surface area (Å²) in [7, 11) is 0. The highest BCUT2D eigenvalue weighted by Crippen LogP contribution is 2.35. The number of unbranched alkanes of at least 4 members (excludes halogenated alkanes) is 1. The Kier molecular flexibility index (Phi) is 3.88. The first-order valence-corrected chi connectivity index (χ1v) is 10.6. The number of pyridine rings is 1. The van der Waals surface area contributed by atoms with Crippen LogP contribution in [0.3, 0.4) is 0 Å². The molecule has 6 rings (SSSR count). The van der Waals surface area contributed by atoms with E-state index in [4.69, 9.17) is 4.42 Å². The van der Waals surface area contributed by atoms with Gasteiger partial charge in [0.2, 0.25) is 5.71 Å². The van der Waals surface area contributed by atoms with E-state index in [1.54, 1.807) is 6.20 Å². The Balaban J connectivity index is 1.61. The van der Waals surface area contributed by atoms with E-state index in [1.165, 1.54) is 40.2 Å². The first kappa shape index (κ1) is 17.3. The molecular formula is C27H22N2O. The lowest BCUT2D eigenvalue weighted by Crippen LogP contribution is -1.93. The van der Waals surface area contributed by atoms with Crippen molar-refractivity contribution in [2.75, 3.05) is 0 Å². The van der Waals surface area contributed by atoms with E-state index in [2.05, 4.69) is 83.2 Å². The Morgan fingerprint density at radius 2 is 1.67 bits per heavy atom. The van der Waals surface area contributed by atoms with Crippen LogP contribution in [0.25, 0.3) is 49.6 Å². The van der Waals surface area contributed by atoms with Crippen LogP contribution in [0.1, 0.15) is 25.3 Å². The van der Waals surface area contributed by atoms with Crippen LogP contribution in [0.5, 0.6) is 0 Å². The van der Waals surface area contributed by atoms with Gasteiger partial charge >= 0.3 is 0 Å². The third-order valence-electron chi connectivity index (χ3n) is 6.05. The molecule has 0 unspecified atom stereocenters. The summed E-state index contributed by atoms with van der Waals surface area (Å²) in [4.78, 5) is 4.37. The number of hydrogen-bond acceptors (Lipinski definition) is 2. The molecule has 0 amide bonds. The number of rotatable bonds is 4. The zero-order chi connectivity index (χ0) is 20.1. The molecule has 0 saturated carbocycles. The van der Waals surface area contributed by atoms with E-state index in [0.29, 0.717) is 5.71 Å². The highest BCUT2D eigenvalue weighted by molar-refractivity contribution is 6.10. The number of furan rings is 1. The van der Waals surface area contributed by atoms with Crippen molar-refractivity contribution in [3.05, 3.63) is 84.6 Å². The number of benzene rings is 3. The van der Waals surface area contributed by atoms with Crippen LogP contribution in [-0.2, 0) is 6.42 Å². The highest BCUT2D eigenvalue weighted by Gasteiger charge is 2.14. The monoisotopic (exact) mass is 390 g/mol. The Labute approximate surface area is 174 Å². The van der Waals surface area contributed by atoms with Crippen molar-refractivity contribution >= 4 is 43.9 Å². The number of nitrogens with zero attached hydrogens (tertiary/aromatic N) is 2. The molecule has 30 heavy (non-hydrogen) atoms. The largest absolute Gasteiger partial charge is 0.438 e. The second kappa shape index (κ2) is 6.74. The van der Waals surface area contributed by atoms with Gasteiger partial charge in [-0.2, -0.15) is 0 Å². The van der Waals surface area contributed by atoms with Crippen LogP contribution in [0.2, 0.25) is 0 Å². The minimum absolute atomic E-state index is 0.687. The summed E-state index contributed by atoms with van der Waals surface area (Å²) in [5, 5.41) is 4.76. The number of aryl methyl sites for hydroxylation is 1. The van der Waals surface area contributed by atoms with Gasteiger partial charge < -0.3 is 8.98 Å². The molecule has 3 aromatic carbocycles. The van der Waals surface area contributed by atoms with E-state index in [9.17, 15) is 0 Å². The van der Waals surface area contributed by atoms with Gasteiger partial charge in [-0.15, -0.1) is 0 Å². The predicted octanol–water partition coefficient (Wildman–Crippen LogP) is 7.42. The first-order valence-electron chi connectivity index (χ1n) is 10.6. The summed E-state index contributed by atoms with van der Waals surface area (Å²) in [6.45, 7) is 2.24. The van der Waals surface area contributed by atoms with Crippen molar-refractivity contribution in [3.8, 4) is 5.69 Å². The molecule has 0 spiro atoms. The molecule has 0 aliphatic carbocycles. The van der Waals surface area contributed by atoms with Gasteiger partial charge in [0.15, 0.2) is 0 Å². The van der Waals surface area contributed by atoms with Gasteiger partial charge in [-0.05, 0) is 60.9 Å². The number of hydrogen-bond donors (Lipinski definition) is 0. The van der Waals surface area contributed by atoms with Crippen molar-refractivity contribution in [2.45, 2.75) is 26.2 Å². The van der Waals surface area contributed by atoms with Crippen molar-refractivity contribution < 1.29 is 4.42 Å². The average Bonchev–Trinajstić information content (AvgIpc) is 3.32. The van der Waals surface area contributed by atoms with Crippen LogP contribution in [0, 0.1) is 0 Å². The second-order valence-electron chi connectivity index (χ2n) is 7.95. The maximum absolute atomic E-state index is 6.05. The fraction of sp³-hybridized carbons (Fsp3) is 0.148. The van der Waals surface area contributed by atoms with Crippen molar-refractivity contribution in [1.82, 2.24) is 9.55 Å². The molecular weight excluding hydrogens is 368 g/mol. The summed E-state index contributed by atoms with van der Waals surface area (Å²) in [6, 6.07) is 26.0. The van der Waals surface area contributed by atoms with Gasteiger partial charge in [0.25, 0.3) is 0 Å². The van der Waals surface area contributed by atoms with Gasteiger partial charge in [-0.25, -0.2) is 4.98 Å². The highest BCUT2D eigenvalue weighted by atomic mass is 16.3. The van der Waals surface area contributed by atoms with Gasteiger partial charge in [-0.3, -0.25) is 0 Å². The molecule has 146 valence electrons. The molecule has 6 aromatic rings. The van der Waals surface area contributed by atoms with E-state index >= 15 is 0 Å². The minimum atomic E-state index is 0.687. The first-order chi connectivity index (χ1) is 14.8. The third kappa shape index (κ3) is 2.55. The molecule has 0 aliphatic rings. The zero-order valence-electron chi connectivity index (χ0n) is 16.9. The average molecular weight is 390 g/mol. The lowest BCUT2D eigenvalue weighted by Gasteiger charge is -2.08. The molecule has 3 heteroatoms. The Morgan fingerprint density at radius 1 is 0.800 bits per heavy atom. The van der Waals surface area contributed by atoms with Crippen LogP contribution >= 0.6 is 0 Å². The van der Waals surface area contributed by atoms with Crippen molar-refractivity contribution in [3.63, 3.8) is 0 Å². The SMILES string of the molecule is CCCCc1ccc2c(c1)c1ccccc1n2-c1ccc2c(c1)oc1ncccc12. The minimum Gasteiger partial charge on any atom is -0.438 e. The summed E-state index contributed by atoms with van der Waals surface area (Å²) in [5.41, 5.74) is 6.51. The molecule has 3 aromatic heterocycles. The van der Waals surface area contributed by atoms with Crippen LogP contribution in [0.15, 0.2) is 83.4 Å². The lowest BCUT2D eigenvalue weighted by molar-refractivity contribution is 0.654. The molecule has 0 fully saturated rings. The van der Waals surface area contributed by atoms with Crippen molar-refractivity contribution in [1.29, 1.82) is 0 Å². The molecule has 0 radical (unpaired) electrons. The zero-order valence-corrected chi connectivity index (χ0v) is 16.9. The Hall–Kier alpha value is -3.59. The quantitative estimate of drug-likeness (QED) is 0.313. The molecule has 3 heterocycles. The van der Waals surface area contributed by atoms with E-state index in [1.807, 2.05) is 6.07 Å². The van der Waals surface area contributed by atoms with E-state index in [0.717, 1.165) is 28.5 Å². The van der Waals surface area contributed by atoms with Crippen molar-refractivity contribution in [2.24, 2.45) is 0 Å². The smallest absolute Gasteiger partial charge is 0.227 e. The maximum Gasteiger partial charge on any atom is 0.227 e. The van der Waals surface area contributed by atoms with Gasteiger partial charge in [-0.1, -0.05) is 37.6 Å². The number of fused-ring (bicyclic) bond motifs is 6. The van der Waals surface area contributed by atoms with Crippen LogP contribution < -0.4 is 0 Å². The van der Waals surface area contributed by atoms with Crippen LogP contribution in [-0.4, -0.2) is 9.55 Å². The Bertz CT molecular complexity index is 1540. The standard InChI is InChI=1S/C27H22N2O/c1-2-3-7-18-11-14-25-23(16-18)20-8-4-5-10-24(20)29(25)19-12-13-21-22-9-6-15-28-27(22)30-26(21)17-19/h4-6,8-17H,2-3,7H2,1H3. The number of aromatic nitrogens is 2. The summed E-state index contributed by atoms with van der Waals surface area (Å²) in [5.74, 6) is 0. The number of para-hydroxylation sites is 1. The maximum atomic E-state index is 6.05. The fourth-order valence-electron chi connectivity index (χ4n) is 4.57. The van der Waals surface area contributed by atoms with Crippen LogP contribution in [0.4, 0.5) is 0 Å². The molecule has 0 atom stereocenters. The molecule has 0 N–H and O–H groups in total. The third-order valence-corrected chi connectivity index (χ3v) is 6.05. The molecule has 0 bridgehead atoms. The molecule has 0 aliphatic heterocycles. The Morgan fingerprint density at radius 3 is 2.60 bits per heavy atom.